The zero-order valence-corrected chi connectivity index (χ0v) is 10.9. The van der Waals surface area contributed by atoms with E-state index in [2.05, 4.69) is 16.3 Å². The SMILES string of the molecule is Oc1ccc(N2CCCC2)cc1C1CCCCN1. The van der Waals surface area contributed by atoms with E-state index in [9.17, 15) is 5.11 Å². The van der Waals surface area contributed by atoms with Crippen LogP contribution >= 0.6 is 0 Å². The molecule has 2 N–H and O–H groups in total. The number of hydrogen-bond acceptors (Lipinski definition) is 3. The van der Waals surface area contributed by atoms with Crippen LogP contribution in [0, 0.1) is 0 Å². The number of rotatable bonds is 2. The fourth-order valence-corrected chi connectivity index (χ4v) is 3.11. The Hall–Kier alpha value is -1.22. The van der Waals surface area contributed by atoms with Gasteiger partial charge in [-0.3, -0.25) is 0 Å². The lowest BCUT2D eigenvalue weighted by Gasteiger charge is -2.26. The Morgan fingerprint density at radius 1 is 1.11 bits per heavy atom. The second-order valence-corrected chi connectivity index (χ2v) is 5.44. The van der Waals surface area contributed by atoms with Crippen molar-refractivity contribution in [1.82, 2.24) is 5.32 Å². The molecular weight excluding hydrogens is 224 g/mol. The molecule has 0 saturated carbocycles. The van der Waals surface area contributed by atoms with Crippen LogP contribution in [0.1, 0.15) is 43.7 Å². The highest BCUT2D eigenvalue weighted by Gasteiger charge is 2.20. The van der Waals surface area contributed by atoms with E-state index in [-0.39, 0.29) is 0 Å². The molecular formula is C15H22N2O. The van der Waals surface area contributed by atoms with Crippen LogP contribution in [-0.4, -0.2) is 24.7 Å². The summed E-state index contributed by atoms with van der Waals surface area (Å²) in [6, 6.07) is 6.43. The molecule has 1 atom stereocenters. The topological polar surface area (TPSA) is 35.5 Å². The van der Waals surface area contributed by atoms with Gasteiger partial charge in [0.2, 0.25) is 0 Å². The minimum atomic E-state index is 0.335. The van der Waals surface area contributed by atoms with Crippen LogP contribution in [0.15, 0.2) is 18.2 Å². The van der Waals surface area contributed by atoms with Crippen LogP contribution < -0.4 is 10.2 Å². The normalized spacial score (nSPS) is 24.4. The third-order valence-electron chi connectivity index (χ3n) is 4.17. The standard InChI is InChI=1S/C15H22N2O/c18-15-7-6-12(17-9-3-4-10-17)11-13(15)14-5-1-2-8-16-14/h6-7,11,14,16,18H,1-5,8-10H2. The van der Waals surface area contributed by atoms with Crippen molar-refractivity contribution in [2.45, 2.75) is 38.1 Å². The molecule has 1 aromatic rings. The maximum Gasteiger partial charge on any atom is 0.120 e. The minimum absolute atomic E-state index is 0.335. The second kappa shape index (κ2) is 5.19. The molecule has 3 nitrogen and oxygen atoms in total. The van der Waals surface area contributed by atoms with Gasteiger partial charge in [-0.15, -0.1) is 0 Å². The van der Waals surface area contributed by atoms with E-state index >= 15 is 0 Å². The monoisotopic (exact) mass is 246 g/mol. The van der Waals surface area contributed by atoms with Gasteiger partial charge in [-0.25, -0.2) is 0 Å². The molecule has 1 aromatic carbocycles. The molecule has 2 aliphatic rings. The summed E-state index contributed by atoms with van der Waals surface area (Å²) >= 11 is 0. The second-order valence-electron chi connectivity index (χ2n) is 5.44. The summed E-state index contributed by atoms with van der Waals surface area (Å²) in [5, 5.41) is 13.6. The van der Waals surface area contributed by atoms with Crippen molar-refractivity contribution in [3.63, 3.8) is 0 Å². The predicted octanol–water partition coefficient (Wildman–Crippen LogP) is 2.81. The molecule has 0 bridgehead atoms. The third kappa shape index (κ3) is 2.32. The summed E-state index contributed by atoms with van der Waals surface area (Å²) in [4.78, 5) is 2.42. The largest absolute Gasteiger partial charge is 0.508 e. The van der Waals surface area contributed by atoms with Crippen molar-refractivity contribution < 1.29 is 5.11 Å². The molecule has 0 amide bonds. The van der Waals surface area contributed by atoms with Gasteiger partial charge in [0.05, 0.1) is 0 Å². The van der Waals surface area contributed by atoms with Gasteiger partial charge >= 0.3 is 0 Å². The summed E-state index contributed by atoms with van der Waals surface area (Å²) in [5.41, 5.74) is 2.35. The quantitative estimate of drug-likeness (QED) is 0.842. The molecule has 3 rings (SSSR count). The van der Waals surface area contributed by atoms with Crippen LogP contribution in [0.2, 0.25) is 0 Å². The van der Waals surface area contributed by atoms with E-state index in [1.807, 2.05) is 12.1 Å². The highest BCUT2D eigenvalue weighted by atomic mass is 16.3. The lowest BCUT2D eigenvalue weighted by molar-refractivity contribution is 0.391. The van der Waals surface area contributed by atoms with Gasteiger partial charge < -0.3 is 15.3 Å². The van der Waals surface area contributed by atoms with E-state index in [0.29, 0.717) is 11.8 Å². The lowest BCUT2D eigenvalue weighted by atomic mass is 9.96. The van der Waals surface area contributed by atoms with Crippen molar-refractivity contribution in [3.05, 3.63) is 23.8 Å². The molecule has 1 unspecified atom stereocenters. The van der Waals surface area contributed by atoms with Crippen LogP contribution in [0.4, 0.5) is 5.69 Å². The fraction of sp³-hybridized carbons (Fsp3) is 0.600. The Morgan fingerprint density at radius 2 is 1.94 bits per heavy atom. The van der Waals surface area contributed by atoms with Crippen LogP contribution in [0.5, 0.6) is 5.75 Å². The highest BCUT2D eigenvalue weighted by molar-refractivity contribution is 5.54. The smallest absolute Gasteiger partial charge is 0.120 e. The van der Waals surface area contributed by atoms with Crippen molar-refractivity contribution in [1.29, 1.82) is 0 Å². The van der Waals surface area contributed by atoms with E-state index in [1.165, 1.54) is 31.4 Å². The summed E-state index contributed by atoms with van der Waals surface area (Å²) in [6.45, 7) is 3.38. The Kier molecular flexibility index (Phi) is 3.41. The highest BCUT2D eigenvalue weighted by Crippen LogP contribution is 2.33. The van der Waals surface area contributed by atoms with Gasteiger partial charge in [-0.2, -0.15) is 0 Å². The fourth-order valence-electron chi connectivity index (χ4n) is 3.11. The van der Waals surface area contributed by atoms with E-state index < -0.39 is 0 Å². The number of nitrogens with one attached hydrogen (secondary N) is 1. The first-order valence-electron chi connectivity index (χ1n) is 7.16. The Bertz CT molecular complexity index is 407. The number of aromatic hydroxyl groups is 1. The van der Waals surface area contributed by atoms with Crippen LogP contribution in [0.25, 0.3) is 0 Å². The van der Waals surface area contributed by atoms with Crippen molar-refractivity contribution in [3.8, 4) is 5.75 Å². The number of nitrogens with zero attached hydrogens (tertiary/aromatic N) is 1. The molecule has 2 heterocycles. The molecule has 0 radical (unpaired) electrons. The average molecular weight is 246 g/mol. The first-order valence-corrected chi connectivity index (χ1v) is 7.16. The van der Waals surface area contributed by atoms with Crippen LogP contribution in [-0.2, 0) is 0 Å². The van der Waals surface area contributed by atoms with Gasteiger partial charge in [0.1, 0.15) is 5.75 Å². The maximum absolute atomic E-state index is 10.1. The summed E-state index contributed by atoms with van der Waals surface area (Å²) < 4.78 is 0. The zero-order valence-electron chi connectivity index (χ0n) is 10.9. The molecule has 2 aliphatic heterocycles. The maximum atomic E-state index is 10.1. The Labute approximate surface area is 109 Å². The molecule has 0 aromatic heterocycles. The van der Waals surface area contributed by atoms with E-state index in [4.69, 9.17) is 0 Å². The molecule has 2 fully saturated rings. The first-order chi connectivity index (χ1) is 8.84. The van der Waals surface area contributed by atoms with Crippen molar-refractivity contribution >= 4 is 5.69 Å². The predicted molar refractivity (Wildman–Crippen MR) is 74.1 cm³/mol. The summed E-state index contributed by atoms with van der Waals surface area (Å²) in [6.07, 6.45) is 6.22. The molecule has 0 aliphatic carbocycles. The summed E-state index contributed by atoms with van der Waals surface area (Å²) in [7, 11) is 0. The van der Waals surface area contributed by atoms with Gasteiger partial charge in [0, 0.05) is 30.4 Å². The van der Waals surface area contributed by atoms with E-state index in [1.54, 1.807) is 0 Å². The van der Waals surface area contributed by atoms with Crippen molar-refractivity contribution in [2.24, 2.45) is 0 Å². The summed E-state index contributed by atoms with van der Waals surface area (Å²) in [5.74, 6) is 0.442. The van der Waals surface area contributed by atoms with Crippen LogP contribution in [0.3, 0.4) is 0 Å². The molecule has 98 valence electrons. The number of hydrogen-bond donors (Lipinski definition) is 2. The Morgan fingerprint density at radius 3 is 2.67 bits per heavy atom. The third-order valence-corrected chi connectivity index (χ3v) is 4.17. The number of phenolic OH excluding ortho intramolecular Hbond substituents is 1. The van der Waals surface area contributed by atoms with Crippen molar-refractivity contribution in [2.75, 3.05) is 24.5 Å². The molecule has 3 heteroatoms. The Balaban J connectivity index is 1.85. The number of anilines is 1. The first kappa shape index (κ1) is 11.8. The van der Waals surface area contributed by atoms with E-state index in [0.717, 1.165) is 31.6 Å². The number of phenols is 1. The molecule has 2 saturated heterocycles. The molecule has 18 heavy (non-hydrogen) atoms. The van der Waals surface area contributed by atoms with Gasteiger partial charge in [-0.1, -0.05) is 6.42 Å². The van der Waals surface area contributed by atoms with Gasteiger partial charge in [0.15, 0.2) is 0 Å². The average Bonchev–Trinajstić information content (AvgIpc) is 2.94. The number of piperidine rings is 1. The lowest BCUT2D eigenvalue weighted by Crippen LogP contribution is -2.27. The zero-order chi connectivity index (χ0) is 12.4. The molecule has 0 spiro atoms. The minimum Gasteiger partial charge on any atom is -0.508 e. The van der Waals surface area contributed by atoms with Gasteiger partial charge in [-0.05, 0) is 50.4 Å². The number of benzene rings is 1. The van der Waals surface area contributed by atoms with Gasteiger partial charge in [0.25, 0.3) is 0 Å².